The summed E-state index contributed by atoms with van der Waals surface area (Å²) in [4.78, 5) is 8.28. The van der Waals surface area contributed by atoms with Crippen molar-refractivity contribution in [3.8, 4) is 0 Å². The van der Waals surface area contributed by atoms with Gasteiger partial charge in [0.1, 0.15) is 10.7 Å². The van der Waals surface area contributed by atoms with Crippen molar-refractivity contribution >= 4 is 21.5 Å². The first kappa shape index (κ1) is 15.4. The highest BCUT2D eigenvalue weighted by Gasteiger charge is 2.21. The molecular formula is C14H18N4O2S. The number of hydrogen-bond donors (Lipinski definition) is 1. The maximum absolute atomic E-state index is 12.3. The van der Waals surface area contributed by atoms with E-state index in [-0.39, 0.29) is 4.90 Å². The fourth-order valence-electron chi connectivity index (χ4n) is 1.90. The maximum Gasteiger partial charge on any atom is 0.244 e. The average Bonchev–Trinajstić information content (AvgIpc) is 2.50. The predicted octanol–water partition coefficient (Wildman–Crippen LogP) is 2.25. The molecule has 6 nitrogen and oxygen atoms in total. The van der Waals surface area contributed by atoms with Crippen molar-refractivity contribution in [2.24, 2.45) is 0 Å². The average molecular weight is 306 g/mol. The van der Waals surface area contributed by atoms with Crippen LogP contribution in [0, 0.1) is 0 Å². The minimum atomic E-state index is -3.46. The Hall–Kier alpha value is -1.99. The fourth-order valence-corrected chi connectivity index (χ4v) is 3.31. The zero-order valence-corrected chi connectivity index (χ0v) is 12.8. The predicted molar refractivity (Wildman–Crippen MR) is 81.9 cm³/mol. The van der Waals surface area contributed by atoms with E-state index in [1.165, 1.54) is 10.5 Å². The molecule has 0 aromatic carbocycles. The summed E-state index contributed by atoms with van der Waals surface area (Å²) in [7, 11) is -3.46. The van der Waals surface area contributed by atoms with Gasteiger partial charge in [-0.25, -0.2) is 13.4 Å². The molecule has 21 heavy (non-hydrogen) atoms. The van der Waals surface area contributed by atoms with E-state index in [1.807, 2.05) is 26.0 Å². The van der Waals surface area contributed by atoms with Gasteiger partial charge in [-0.2, -0.15) is 4.31 Å². The van der Waals surface area contributed by atoms with Gasteiger partial charge in [-0.05, 0) is 24.3 Å². The second kappa shape index (κ2) is 6.64. The van der Waals surface area contributed by atoms with Crippen molar-refractivity contribution < 1.29 is 8.42 Å². The Balaban J connectivity index is 2.19. The Morgan fingerprint density at radius 1 is 1.10 bits per heavy atom. The molecule has 0 bridgehead atoms. The summed E-state index contributed by atoms with van der Waals surface area (Å²) in [5, 5.41) is 3.08. The van der Waals surface area contributed by atoms with Crippen LogP contribution < -0.4 is 5.32 Å². The third-order valence-electron chi connectivity index (χ3n) is 3.03. The molecule has 0 fully saturated rings. The van der Waals surface area contributed by atoms with E-state index in [1.54, 1.807) is 24.5 Å². The van der Waals surface area contributed by atoms with Crippen LogP contribution in [0.4, 0.5) is 11.5 Å². The molecule has 0 saturated heterocycles. The van der Waals surface area contributed by atoms with E-state index < -0.39 is 10.0 Å². The number of nitrogens with one attached hydrogen (secondary N) is 1. The Bertz CT molecular complexity index is 668. The van der Waals surface area contributed by atoms with Gasteiger partial charge in [0.2, 0.25) is 10.0 Å². The highest BCUT2D eigenvalue weighted by molar-refractivity contribution is 7.89. The molecular weight excluding hydrogens is 288 g/mol. The van der Waals surface area contributed by atoms with Gasteiger partial charge < -0.3 is 5.32 Å². The normalized spacial score (nSPS) is 11.6. The number of aromatic nitrogens is 2. The Morgan fingerprint density at radius 3 is 2.29 bits per heavy atom. The van der Waals surface area contributed by atoms with Crippen LogP contribution in [0.2, 0.25) is 0 Å². The first-order valence-electron chi connectivity index (χ1n) is 6.71. The largest absolute Gasteiger partial charge is 0.340 e. The molecule has 0 saturated carbocycles. The van der Waals surface area contributed by atoms with Gasteiger partial charge in [0.25, 0.3) is 0 Å². The number of sulfonamides is 1. The molecule has 2 rings (SSSR count). The van der Waals surface area contributed by atoms with Gasteiger partial charge in [0.05, 0.1) is 0 Å². The third-order valence-corrected chi connectivity index (χ3v) is 5.07. The van der Waals surface area contributed by atoms with Gasteiger partial charge in [-0.15, -0.1) is 0 Å². The molecule has 112 valence electrons. The number of anilines is 2. The minimum absolute atomic E-state index is 0.200. The quantitative estimate of drug-likeness (QED) is 0.886. The summed E-state index contributed by atoms with van der Waals surface area (Å²) in [5.41, 5.74) is 0.844. The molecule has 0 unspecified atom stereocenters. The third kappa shape index (κ3) is 3.56. The maximum atomic E-state index is 12.3. The fraction of sp³-hybridized carbons (Fsp3) is 0.286. The van der Waals surface area contributed by atoms with Crippen LogP contribution in [0.5, 0.6) is 0 Å². The molecule has 2 heterocycles. The lowest BCUT2D eigenvalue weighted by molar-refractivity contribution is 0.445. The monoisotopic (exact) mass is 306 g/mol. The van der Waals surface area contributed by atoms with Crippen LogP contribution >= 0.6 is 0 Å². The summed E-state index contributed by atoms with van der Waals surface area (Å²) in [6.45, 7) is 4.51. The highest BCUT2D eigenvalue weighted by atomic mass is 32.2. The summed E-state index contributed by atoms with van der Waals surface area (Å²) in [6, 6.07) is 6.82. The molecule has 0 aliphatic rings. The second-order valence-corrected chi connectivity index (χ2v) is 6.27. The van der Waals surface area contributed by atoms with E-state index in [4.69, 9.17) is 0 Å². The van der Waals surface area contributed by atoms with Crippen LogP contribution in [0.25, 0.3) is 0 Å². The molecule has 7 heteroatoms. The van der Waals surface area contributed by atoms with Crippen LogP contribution in [0.15, 0.2) is 47.8 Å². The molecule has 0 aliphatic carbocycles. The van der Waals surface area contributed by atoms with E-state index in [2.05, 4.69) is 15.3 Å². The zero-order valence-electron chi connectivity index (χ0n) is 12.0. The van der Waals surface area contributed by atoms with Crippen LogP contribution in [0.3, 0.4) is 0 Å². The topological polar surface area (TPSA) is 75.2 Å². The van der Waals surface area contributed by atoms with E-state index in [0.717, 1.165) is 5.69 Å². The van der Waals surface area contributed by atoms with E-state index >= 15 is 0 Å². The standard InChI is InChI=1S/C14H18N4O2S/c1-3-18(4-2)21(19,20)13-5-6-14(16-11-13)17-12-7-9-15-10-8-12/h5-11H,3-4H2,1-2H3,(H,15,16,17). The molecule has 2 aromatic rings. The Morgan fingerprint density at radius 2 is 1.76 bits per heavy atom. The van der Waals surface area contributed by atoms with Crippen LogP contribution in [-0.2, 0) is 10.0 Å². The van der Waals surface area contributed by atoms with Gasteiger partial charge in [0.15, 0.2) is 0 Å². The number of rotatable bonds is 6. The van der Waals surface area contributed by atoms with Gasteiger partial charge in [-0.1, -0.05) is 13.8 Å². The summed E-state index contributed by atoms with van der Waals surface area (Å²) in [6.07, 6.45) is 4.71. The highest BCUT2D eigenvalue weighted by Crippen LogP contribution is 2.18. The Labute approximate surface area is 124 Å². The Kier molecular flexibility index (Phi) is 4.87. The number of hydrogen-bond acceptors (Lipinski definition) is 5. The van der Waals surface area contributed by atoms with Crippen molar-refractivity contribution in [1.82, 2.24) is 14.3 Å². The van der Waals surface area contributed by atoms with Crippen LogP contribution in [-0.4, -0.2) is 35.8 Å². The van der Waals surface area contributed by atoms with E-state index in [9.17, 15) is 8.42 Å². The summed E-state index contributed by atoms with van der Waals surface area (Å²) >= 11 is 0. The number of pyridine rings is 2. The molecule has 2 aromatic heterocycles. The lowest BCUT2D eigenvalue weighted by atomic mass is 10.4. The molecule has 0 amide bonds. The van der Waals surface area contributed by atoms with Crippen molar-refractivity contribution in [2.75, 3.05) is 18.4 Å². The smallest absolute Gasteiger partial charge is 0.244 e. The van der Waals surface area contributed by atoms with Crippen molar-refractivity contribution in [2.45, 2.75) is 18.7 Å². The molecule has 0 spiro atoms. The first-order valence-corrected chi connectivity index (χ1v) is 8.15. The summed E-state index contributed by atoms with van der Waals surface area (Å²) < 4.78 is 26.0. The van der Waals surface area contributed by atoms with Crippen molar-refractivity contribution in [3.63, 3.8) is 0 Å². The minimum Gasteiger partial charge on any atom is -0.340 e. The lowest BCUT2D eigenvalue weighted by Gasteiger charge is -2.18. The van der Waals surface area contributed by atoms with Gasteiger partial charge in [-0.3, -0.25) is 4.98 Å². The van der Waals surface area contributed by atoms with Gasteiger partial charge >= 0.3 is 0 Å². The van der Waals surface area contributed by atoms with E-state index in [0.29, 0.717) is 18.9 Å². The van der Waals surface area contributed by atoms with Crippen molar-refractivity contribution in [1.29, 1.82) is 0 Å². The molecule has 1 N–H and O–H groups in total. The number of nitrogens with zero attached hydrogens (tertiary/aromatic N) is 3. The lowest BCUT2D eigenvalue weighted by Crippen LogP contribution is -2.30. The molecule has 0 radical (unpaired) electrons. The van der Waals surface area contributed by atoms with Gasteiger partial charge in [0, 0.05) is 37.4 Å². The molecule has 0 aliphatic heterocycles. The summed E-state index contributed by atoms with van der Waals surface area (Å²) in [5.74, 6) is 0.583. The molecule has 0 atom stereocenters. The SMILES string of the molecule is CCN(CC)S(=O)(=O)c1ccc(Nc2ccncc2)nc1. The first-order chi connectivity index (χ1) is 10.1. The zero-order chi connectivity index (χ0) is 15.3. The second-order valence-electron chi connectivity index (χ2n) is 4.33. The van der Waals surface area contributed by atoms with Crippen molar-refractivity contribution in [3.05, 3.63) is 42.9 Å². The van der Waals surface area contributed by atoms with Crippen LogP contribution in [0.1, 0.15) is 13.8 Å².